The highest BCUT2D eigenvalue weighted by molar-refractivity contribution is 5.93. The van der Waals surface area contributed by atoms with Gasteiger partial charge in [0, 0.05) is 30.9 Å². The maximum atomic E-state index is 14.0. The Hall–Kier alpha value is -1.68. The van der Waals surface area contributed by atoms with Crippen molar-refractivity contribution in [3.05, 3.63) is 35.3 Å². The average Bonchev–Trinajstić information content (AvgIpc) is 2.38. The number of halogens is 1. The second-order valence-electron chi connectivity index (χ2n) is 6.68. The Morgan fingerprint density at radius 3 is 2.48 bits per heavy atom. The first kappa shape index (κ1) is 15.7. The lowest BCUT2D eigenvalue weighted by Gasteiger charge is -2.24. The predicted octanol–water partition coefficient (Wildman–Crippen LogP) is 3.28. The van der Waals surface area contributed by atoms with Crippen molar-refractivity contribution in [2.24, 2.45) is 11.1 Å². The molecule has 1 aromatic carbocycles. The van der Waals surface area contributed by atoms with E-state index in [2.05, 4.69) is 18.8 Å². The summed E-state index contributed by atoms with van der Waals surface area (Å²) in [7, 11) is 3.92. The number of anilines is 1. The van der Waals surface area contributed by atoms with Gasteiger partial charge >= 0.3 is 0 Å². The quantitative estimate of drug-likeness (QED) is 0.939. The number of hydrogen-bond donors (Lipinski definition) is 1. The molecule has 1 aromatic heterocycles. The van der Waals surface area contributed by atoms with Crippen LogP contribution in [0.1, 0.15) is 25.1 Å². The summed E-state index contributed by atoms with van der Waals surface area (Å²) in [6, 6.07) is 5.14. The lowest BCUT2D eigenvalue weighted by atomic mass is 9.85. The molecule has 0 unspecified atom stereocenters. The van der Waals surface area contributed by atoms with Gasteiger partial charge in [0.05, 0.1) is 5.52 Å². The maximum absolute atomic E-state index is 14.0. The Bertz CT molecular complexity index is 663. The third-order valence-corrected chi connectivity index (χ3v) is 3.77. The Morgan fingerprint density at radius 2 is 1.90 bits per heavy atom. The fourth-order valence-corrected chi connectivity index (χ4v) is 2.56. The summed E-state index contributed by atoms with van der Waals surface area (Å²) in [5.41, 5.74) is 9.47. The highest BCUT2D eigenvalue weighted by atomic mass is 19.1. The van der Waals surface area contributed by atoms with Crippen LogP contribution in [0.2, 0.25) is 0 Å². The third-order valence-electron chi connectivity index (χ3n) is 3.77. The fourth-order valence-electron chi connectivity index (χ4n) is 2.56. The normalized spacial score (nSPS) is 12.0. The number of fused-ring (bicyclic) bond motifs is 1. The van der Waals surface area contributed by atoms with Gasteiger partial charge in [0.2, 0.25) is 0 Å². The molecular formula is C17H24FN3. The van der Waals surface area contributed by atoms with Gasteiger partial charge in [-0.2, -0.15) is 0 Å². The Balaban J connectivity index is 2.71. The minimum absolute atomic E-state index is 0.0789. The highest BCUT2D eigenvalue weighted by Gasteiger charge is 2.20. The third kappa shape index (κ3) is 3.32. The zero-order valence-corrected chi connectivity index (χ0v) is 13.5. The van der Waals surface area contributed by atoms with E-state index in [4.69, 9.17) is 5.73 Å². The van der Waals surface area contributed by atoms with Crippen LogP contribution in [0.25, 0.3) is 10.9 Å². The SMILES string of the molecule is Cc1cc(N(C)C)c2cc(F)cc(CC(C)(C)CN)c2n1. The molecule has 0 saturated heterocycles. The van der Waals surface area contributed by atoms with E-state index in [1.165, 1.54) is 0 Å². The molecule has 0 aliphatic heterocycles. The van der Waals surface area contributed by atoms with Crippen molar-refractivity contribution in [3.8, 4) is 0 Å². The molecule has 2 aromatic rings. The highest BCUT2D eigenvalue weighted by Crippen LogP contribution is 2.31. The Kier molecular flexibility index (Phi) is 4.19. The largest absolute Gasteiger partial charge is 0.377 e. The summed E-state index contributed by atoms with van der Waals surface area (Å²) in [6.45, 7) is 6.70. The molecule has 0 atom stereocenters. The van der Waals surface area contributed by atoms with Gasteiger partial charge < -0.3 is 10.6 Å². The summed E-state index contributed by atoms with van der Waals surface area (Å²) >= 11 is 0. The minimum atomic E-state index is -0.223. The van der Waals surface area contributed by atoms with Crippen molar-refractivity contribution in [3.63, 3.8) is 0 Å². The van der Waals surface area contributed by atoms with E-state index in [9.17, 15) is 4.39 Å². The molecule has 0 radical (unpaired) electrons. The molecule has 21 heavy (non-hydrogen) atoms. The van der Waals surface area contributed by atoms with Gasteiger partial charge in [-0.1, -0.05) is 13.8 Å². The second kappa shape index (κ2) is 5.60. The van der Waals surface area contributed by atoms with Crippen LogP contribution in [0.4, 0.5) is 10.1 Å². The molecule has 0 amide bonds. The van der Waals surface area contributed by atoms with Crippen LogP contribution in [0.5, 0.6) is 0 Å². The van der Waals surface area contributed by atoms with Gasteiger partial charge in [-0.25, -0.2) is 4.39 Å². The standard InChI is InChI=1S/C17H24FN3/c1-11-6-15(21(4)5)14-8-13(18)7-12(16(14)20-11)9-17(2,3)10-19/h6-8H,9-10,19H2,1-5H3. The molecule has 2 N–H and O–H groups in total. The first-order valence-electron chi connectivity index (χ1n) is 7.21. The monoisotopic (exact) mass is 289 g/mol. The van der Waals surface area contributed by atoms with Gasteiger partial charge in [0.1, 0.15) is 5.82 Å². The fraction of sp³-hybridized carbons (Fsp3) is 0.471. The van der Waals surface area contributed by atoms with Crippen LogP contribution in [0.15, 0.2) is 18.2 Å². The van der Waals surface area contributed by atoms with Crippen molar-refractivity contribution in [2.45, 2.75) is 27.2 Å². The van der Waals surface area contributed by atoms with Crippen LogP contribution in [0, 0.1) is 18.2 Å². The van der Waals surface area contributed by atoms with Crippen molar-refractivity contribution >= 4 is 16.6 Å². The van der Waals surface area contributed by atoms with E-state index < -0.39 is 0 Å². The zero-order chi connectivity index (χ0) is 15.8. The average molecular weight is 289 g/mol. The van der Waals surface area contributed by atoms with E-state index in [0.717, 1.165) is 27.8 Å². The van der Waals surface area contributed by atoms with E-state index in [-0.39, 0.29) is 11.2 Å². The van der Waals surface area contributed by atoms with Gasteiger partial charge in [-0.05, 0) is 49.1 Å². The lowest BCUT2D eigenvalue weighted by molar-refractivity contribution is 0.377. The maximum Gasteiger partial charge on any atom is 0.124 e. The molecule has 1 heterocycles. The summed E-state index contributed by atoms with van der Waals surface area (Å²) < 4.78 is 14.0. The molecule has 0 aliphatic carbocycles. The van der Waals surface area contributed by atoms with E-state index >= 15 is 0 Å². The van der Waals surface area contributed by atoms with Crippen molar-refractivity contribution < 1.29 is 4.39 Å². The van der Waals surface area contributed by atoms with Gasteiger partial charge in [-0.15, -0.1) is 0 Å². The molecule has 0 spiro atoms. The first-order chi connectivity index (χ1) is 9.73. The van der Waals surface area contributed by atoms with E-state index in [1.807, 2.05) is 32.0 Å². The second-order valence-corrected chi connectivity index (χ2v) is 6.68. The summed E-state index contributed by atoms with van der Waals surface area (Å²) in [4.78, 5) is 6.64. The number of nitrogens with two attached hydrogens (primary N) is 1. The molecular weight excluding hydrogens is 265 g/mol. The number of nitrogens with zero attached hydrogens (tertiary/aromatic N) is 2. The van der Waals surface area contributed by atoms with Crippen LogP contribution in [-0.2, 0) is 6.42 Å². The molecule has 0 saturated carbocycles. The van der Waals surface area contributed by atoms with Gasteiger partial charge in [0.25, 0.3) is 0 Å². The lowest BCUT2D eigenvalue weighted by Crippen LogP contribution is -2.26. The zero-order valence-electron chi connectivity index (χ0n) is 13.5. The Morgan fingerprint density at radius 1 is 1.24 bits per heavy atom. The van der Waals surface area contributed by atoms with E-state index in [0.29, 0.717) is 13.0 Å². The molecule has 3 nitrogen and oxygen atoms in total. The van der Waals surface area contributed by atoms with Gasteiger partial charge in [0.15, 0.2) is 0 Å². The summed E-state index contributed by atoms with van der Waals surface area (Å²) in [5, 5.41) is 0.855. The number of pyridine rings is 1. The Labute approximate surface area is 126 Å². The van der Waals surface area contributed by atoms with E-state index in [1.54, 1.807) is 12.1 Å². The molecule has 0 aliphatic rings. The van der Waals surface area contributed by atoms with Crippen molar-refractivity contribution in [1.82, 2.24) is 4.98 Å². The van der Waals surface area contributed by atoms with Crippen LogP contribution in [0.3, 0.4) is 0 Å². The van der Waals surface area contributed by atoms with Crippen molar-refractivity contribution in [1.29, 1.82) is 0 Å². The topological polar surface area (TPSA) is 42.1 Å². The molecule has 4 heteroatoms. The molecule has 0 fully saturated rings. The number of hydrogen-bond acceptors (Lipinski definition) is 3. The van der Waals surface area contributed by atoms with Crippen molar-refractivity contribution in [2.75, 3.05) is 25.5 Å². The number of aromatic nitrogens is 1. The number of aryl methyl sites for hydroxylation is 1. The van der Waals surface area contributed by atoms with Crippen LogP contribution < -0.4 is 10.6 Å². The number of rotatable bonds is 4. The van der Waals surface area contributed by atoms with Gasteiger partial charge in [-0.3, -0.25) is 4.98 Å². The number of benzene rings is 1. The van der Waals surface area contributed by atoms with Crippen LogP contribution >= 0.6 is 0 Å². The molecule has 0 bridgehead atoms. The smallest absolute Gasteiger partial charge is 0.124 e. The molecule has 114 valence electrons. The first-order valence-corrected chi connectivity index (χ1v) is 7.21. The minimum Gasteiger partial charge on any atom is -0.377 e. The van der Waals surface area contributed by atoms with Crippen LogP contribution in [-0.4, -0.2) is 25.6 Å². The summed E-state index contributed by atoms with van der Waals surface area (Å²) in [6.07, 6.45) is 0.709. The molecule has 2 rings (SSSR count). The predicted molar refractivity (Wildman–Crippen MR) is 87.3 cm³/mol. The summed E-state index contributed by atoms with van der Waals surface area (Å²) in [5.74, 6) is -0.223.